The lowest BCUT2D eigenvalue weighted by atomic mass is 10.1. The van der Waals surface area contributed by atoms with Crippen LogP contribution in [0.25, 0.3) is 0 Å². The van der Waals surface area contributed by atoms with Gasteiger partial charge in [0.1, 0.15) is 5.75 Å². The molecule has 0 heterocycles. The highest BCUT2D eigenvalue weighted by Gasteiger charge is 2.18. The molecule has 0 fully saturated rings. The number of Topliss-reactive ketones (excluding diaryl/α,β-unsaturated/α-hetero) is 1. The summed E-state index contributed by atoms with van der Waals surface area (Å²) in [4.78, 5) is 25.7. The van der Waals surface area contributed by atoms with Crippen molar-refractivity contribution in [2.75, 3.05) is 6.61 Å². The van der Waals surface area contributed by atoms with Gasteiger partial charge in [-0.3, -0.25) is 9.59 Å². The van der Waals surface area contributed by atoms with Crippen LogP contribution in [0.4, 0.5) is 0 Å². The zero-order valence-electron chi connectivity index (χ0n) is 15.2. The Bertz CT molecular complexity index is 820. The maximum Gasteiger partial charge on any atom is 0.261 e. The number of nitriles is 1. The maximum atomic E-state index is 12.6. The van der Waals surface area contributed by atoms with Crippen LogP contribution >= 0.6 is 0 Å². The van der Waals surface area contributed by atoms with Gasteiger partial charge in [-0.1, -0.05) is 24.3 Å². The van der Waals surface area contributed by atoms with Crippen molar-refractivity contribution in [2.45, 2.75) is 33.4 Å². The minimum absolute atomic E-state index is 0.00490. The summed E-state index contributed by atoms with van der Waals surface area (Å²) >= 11 is 0. The largest absolute Gasteiger partial charge is 0.484 e. The van der Waals surface area contributed by atoms with Crippen molar-refractivity contribution in [1.29, 1.82) is 5.26 Å². The smallest absolute Gasteiger partial charge is 0.261 e. The Kier molecular flexibility index (Phi) is 6.51. The first-order valence-electron chi connectivity index (χ1n) is 8.43. The van der Waals surface area contributed by atoms with Crippen molar-refractivity contribution in [3.63, 3.8) is 0 Å². The Morgan fingerprint density at radius 1 is 1.15 bits per heavy atom. The average Bonchev–Trinajstić information content (AvgIpc) is 2.64. The molecule has 0 unspecified atom stereocenters. The van der Waals surface area contributed by atoms with Crippen LogP contribution in [-0.4, -0.2) is 29.2 Å². The third-order valence-corrected chi connectivity index (χ3v) is 3.98. The number of hydrogen-bond donors (Lipinski definition) is 0. The molecule has 0 aliphatic carbocycles. The monoisotopic (exact) mass is 350 g/mol. The number of ether oxygens (including phenoxy) is 1. The van der Waals surface area contributed by atoms with E-state index < -0.39 is 0 Å². The van der Waals surface area contributed by atoms with Gasteiger partial charge in [-0.2, -0.15) is 5.26 Å². The van der Waals surface area contributed by atoms with E-state index in [0.717, 1.165) is 5.56 Å². The normalized spacial score (nSPS) is 10.3. The molecule has 2 rings (SSSR count). The van der Waals surface area contributed by atoms with Crippen molar-refractivity contribution in [3.8, 4) is 11.8 Å². The van der Waals surface area contributed by atoms with Crippen LogP contribution in [0.5, 0.6) is 5.75 Å². The molecule has 0 radical (unpaired) electrons. The molecule has 0 N–H and O–H groups in total. The van der Waals surface area contributed by atoms with E-state index in [2.05, 4.69) is 6.07 Å². The quantitative estimate of drug-likeness (QED) is 0.716. The zero-order chi connectivity index (χ0) is 19.1. The number of nitrogens with zero attached hydrogens (tertiary/aromatic N) is 2. The first-order chi connectivity index (χ1) is 12.4. The molecule has 0 aliphatic rings. The highest BCUT2D eigenvalue weighted by atomic mass is 16.5. The summed E-state index contributed by atoms with van der Waals surface area (Å²) < 4.78 is 5.58. The Morgan fingerprint density at radius 2 is 1.85 bits per heavy atom. The molecule has 0 spiro atoms. The third kappa shape index (κ3) is 5.18. The number of benzene rings is 2. The fraction of sp³-hybridized carbons (Fsp3) is 0.286. The van der Waals surface area contributed by atoms with Crippen LogP contribution in [-0.2, 0) is 11.3 Å². The Morgan fingerprint density at radius 3 is 2.42 bits per heavy atom. The average molecular weight is 350 g/mol. The number of hydrogen-bond acceptors (Lipinski definition) is 4. The molecule has 0 aliphatic heterocycles. The summed E-state index contributed by atoms with van der Waals surface area (Å²) in [5, 5.41) is 8.87. The second-order valence-electron chi connectivity index (χ2n) is 6.30. The number of carbonyl (C=O) groups excluding carboxylic acids is 2. The number of ketones is 1. The second kappa shape index (κ2) is 8.82. The van der Waals surface area contributed by atoms with Crippen molar-refractivity contribution in [2.24, 2.45) is 0 Å². The van der Waals surface area contributed by atoms with Gasteiger partial charge >= 0.3 is 0 Å². The van der Waals surface area contributed by atoms with Gasteiger partial charge in [0.25, 0.3) is 5.91 Å². The summed E-state index contributed by atoms with van der Waals surface area (Å²) in [6.07, 6.45) is 0. The topological polar surface area (TPSA) is 70.4 Å². The number of amides is 1. The Hall–Kier alpha value is -3.13. The van der Waals surface area contributed by atoms with E-state index in [1.54, 1.807) is 41.3 Å². The first-order valence-corrected chi connectivity index (χ1v) is 8.43. The molecule has 134 valence electrons. The fourth-order valence-electron chi connectivity index (χ4n) is 2.47. The van der Waals surface area contributed by atoms with E-state index in [1.165, 1.54) is 6.92 Å². The lowest BCUT2D eigenvalue weighted by molar-refractivity contribution is -0.135. The second-order valence-corrected chi connectivity index (χ2v) is 6.30. The molecule has 5 heteroatoms. The van der Waals surface area contributed by atoms with E-state index in [9.17, 15) is 9.59 Å². The predicted molar refractivity (Wildman–Crippen MR) is 98.8 cm³/mol. The summed E-state index contributed by atoms with van der Waals surface area (Å²) in [7, 11) is 0. The summed E-state index contributed by atoms with van der Waals surface area (Å²) in [6.45, 7) is 5.72. The van der Waals surface area contributed by atoms with E-state index in [1.807, 2.05) is 26.0 Å². The molecular weight excluding hydrogens is 328 g/mol. The SMILES string of the molecule is CC(=O)c1cccc(OCC(=O)N(Cc2ccc(C#N)cc2)C(C)C)c1. The van der Waals surface area contributed by atoms with Gasteiger partial charge in [0.2, 0.25) is 0 Å². The summed E-state index contributed by atoms with van der Waals surface area (Å²) in [5.74, 6) is 0.303. The van der Waals surface area contributed by atoms with Crippen LogP contribution in [0.2, 0.25) is 0 Å². The summed E-state index contributed by atoms with van der Waals surface area (Å²) in [6, 6.07) is 16.0. The minimum Gasteiger partial charge on any atom is -0.484 e. The Labute approximate surface area is 153 Å². The first kappa shape index (κ1) is 19.2. The van der Waals surface area contributed by atoms with Crippen molar-refractivity contribution < 1.29 is 14.3 Å². The standard InChI is InChI=1S/C21H22N2O3/c1-15(2)23(13-18-9-7-17(12-22)8-10-18)21(25)14-26-20-6-4-5-19(11-20)16(3)24/h4-11,15H,13-14H2,1-3H3. The molecule has 2 aromatic carbocycles. The molecule has 0 saturated heterocycles. The van der Waals surface area contributed by atoms with Gasteiger partial charge in [-0.05, 0) is 50.6 Å². The minimum atomic E-state index is -0.141. The lowest BCUT2D eigenvalue weighted by Gasteiger charge is -2.27. The predicted octanol–water partition coefficient (Wildman–Crippen LogP) is 3.58. The van der Waals surface area contributed by atoms with Crippen LogP contribution in [0.1, 0.15) is 42.3 Å². The van der Waals surface area contributed by atoms with E-state index in [0.29, 0.717) is 23.4 Å². The van der Waals surface area contributed by atoms with Crippen molar-refractivity contribution in [3.05, 3.63) is 65.2 Å². The lowest BCUT2D eigenvalue weighted by Crippen LogP contribution is -2.39. The maximum absolute atomic E-state index is 12.6. The zero-order valence-corrected chi connectivity index (χ0v) is 15.2. The molecule has 1 amide bonds. The van der Waals surface area contributed by atoms with Gasteiger partial charge in [-0.25, -0.2) is 0 Å². The van der Waals surface area contributed by atoms with Gasteiger partial charge in [0.15, 0.2) is 12.4 Å². The molecule has 0 atom stereocenters. The van der Waals surface area contributed by atoms with Gasteiger partial charge in [0, 0.05) is 18.2 Å². The number of rotatable bonds is 7. The van der Waals surface area contributed by atoms with E-state index >= 15 is 0 Å². The molecule has 5 nitrogen and oxygen atoms in total. The molecular formula is C21H22N2O3. The highest BCUT2D eigenvalue weighted by Crippen LogP contribution is 2.15. The molecule has 0 aromatic heterocycles. The molecule has 0 bridgehead atoms. The highest BCUT2D eigenvalue weighted by molar-refractivity contribution is 5.94. The van der Waals surface area contributed by atoms with Crippen LogP contribution in [0, 0.1) is 11.3 Å². The van der Waals surface area contributed by atoms with Crippen molar-refractivity contribution >= 4 is 11.7 Å². The van der Waals surface area contributed by atoms with E-state index in [4.69, 9.17) is 10.00 Å². The van der Waals surface area contributed by atoms with Crippen LogP contribution in [0.3, 0.4) is 0 Å². The molecule has 2 aromatic rings. The van der Waals surface area contributed by atoms with Gasteiger partial charge in [0.05, 0.1) is 11.6 Å². The third-order valence-electron chi connectivity index (χ3n) is 3.98. The van der Waals surface area contributed by atoms with Crippen LogP contribution in [0.15, 0.2) is 48.5 Å². The van der Waals surface area contributed by atoms with Crippen molar-refractivity contribution in [1.82, 2.24) is 4.90 Å². The molecule has 26 heavy (non-hydrogen) atoms. The number of carbonyl (C=O) groups is 2. The van der Waals surface area contributed by atoms with E-state index in [-0.39, 0.29) is 24.3 Å². The van der Waals surface area contributed by atoms with Gasteiger partial charge < -0.3 is 9.64 Å². The fourth-order valence-corrected chi connectivity index (χ4v) is 2.47. The van der Waals surface area contributed by atoms with Gasteiger partial charge in [-0.15, -0.1) is 0 Å². The Balaban J connectivity index is 2.02. The molecule has 0 saturated carbocycles. The van der Waals surface area contributed by atoms with Crippen LogP contribution < -0.4 is 4.74 Å². The summed E-state index contributed by atoms with van der Waals surface area (Å²) in [5.41, 5.74) is 2.09.